The topological polar surface area (TPSA) is 55.1 Å². The van der Waals surface area contributed by atoms with Gasteiger partial charge in [0, 0.05) is 35.9 Å². The normalized spacial score (nSPS) is 10.9. The maximum absolute atomic E-state index is 13.5. The van der Waals surface area contributed by atoms with Crippen molar-refractivity contribution >= 4 is 0 Å². The van der Waals surface area contributed by atoms with Crippen molar-refractivity contribution in [3.63, 3.8) is 0 Å². The molecule has 0 amide bonds. The van der Waals surface area contributed by atoms with E-state index in [0.29, 0.717) is 22.6 Å². The highest BCUT2D eigenvalue weighted by molar-refractivity contribution is 5.56. The molecule has 0 radical (unpaired) electrons. The van der Waals surface area contributed by atoms with Crippen molar-refractivity contribution in [1.29, 1.82) is 0 Å². The van der Waals surface area contributed by atoms with Crippen LogP contribution in [0.15, 0.2) is 53.3 Å². The van der Waals surface area contributed by atoms with Gasteiger partial charge in [-0.25, -0.2) is 13.8 Å². The van der Waals surface area contributed by atoms with Crippen LogP contribution in [0.5, 0.6) is 0 Å². The van der Waals surface area contributed by atoms with Crippen LogP contribution in [0.25, 0.3) is 11.4 Å². The average molecular weight is 356 g/mol. The Morgan fingerprint density at radius 1 is 1.08 bits per heavy atom. The summed E-state index contributed by atoms with van der Waals surface area (Å²) in [6.07, 6.45) is 0.171. The summed E-state index contributed by atoms with van der Waals surface area (Å²) >= 11 is 0. The van der Waals surface area contributed by atoms with Crippen LogP contribution >= 0.6 is 0 Å². The van der Waals surface area contributed by atoms with Gasteiger partial charge in [-0.2, -0.15) is 0 Å². The van der Waals surface area contributed by atoms with E-state index in [2.05, 4.69) is 4.98 Å². The molecular weight excluding hydrogens is 338 g/mol. The third-order valence-electron chi connectivity index (χ3n) is 4.13. The molecular formula is C20H18F2N2O2. The van der Waals surface area contributed by atoms with Gasteiger partial charge in [0.1, 0.15) is 17.5 Å². The van der Waals surface area contributed by atoms with Crippen molar-refractivity contribution in [2.75, 3.05) is 6.61 Å². The number of benzene rings is 2. The summed E-state index contributed by atoms with van der Waals surface area (Å²) in [5.74, 6) is -0.991. The zero-order valence-electron chi connectivity index (χ0n) is 14.2. The minimum Gasteiger partial charge on any atom is -0.396 e. The predicted molar refractivity (Wildman–Crippen MR) is 94.9 cm³/mol. The number of nitrogens with zero attached hydrogens (tertiary/aromatic N) is 2. The number of aromatic nitrogens is 2. The van der Waals surface area contributed by atoms with Gasteiger partial charge in [-0.3, -0.25) is 9.36 Å². The van der Waals surface area contributed by atoms with E-state index in [4.69, 9.17) is 0 Å². The Bertz CT molecular complexity index is 965. The number of halogens is 2. The summed E-state index contributed by atoms with van der Waals surface area (Å²) in [7, 11) is 0. The SMILES string of the molecule is Cc1nc(-c2ccccc2)n(Cc2cc(F)cc(F)c2)c(=O)c1CCO. The molecule has 6 heteroatoms. The van der Waals surface area contributed by atoms with E-state index in [9.17, 15) is 18.7 Å². The number of rotatable bonds is 5. The molecule has 4 nitrogen and oxygen atoms in total. The molecule has 1 aromatic heterocycles. The second-order valence-electron chi connectivity index (χ2n) is 6.01. The highest BCUT2D eigenvalue weighted by Gasteiger charge is 2.16. The lowest BCUT2D eigenvalue weighted by Crippen LogP contribution is -2.29. The molecule has 1 N–H and O–H groups in total. The lowest BCUT2D eigenvalue weighted by Gasteiger charge is -2.16. The first kappa shape index (κ1) is 17.9. The average Bonchev–Trinajstić information content (AvgIpc) is 2.61. The third kappa shape index (κ3) is 3.70. The molecule has 1 heterocycles. The van der Waals surface area contributed by atoms with Crippen molar-refractivity contribution in [2.45, 2.75) is 19.9 Å². The van der Waals surface area contributed by atoms with Crippen molar-refractivity contribution in [2.24, 2.45) is 0 Å². The quantitative estimate of drug-likeness (QED) is 0.764. The van der Waals surface area contributed by atoms with Crippen LogP contribution in [-0.2, 0) is 13.0 Å². The maximum atomic E-state index is 13.5. The molecule has 3 rings (SSSR count). The molecule has 0 bridgehead atoms. The Morgan fingerprint density at radius 3 is 2.35 bits per heavy atom. The smallest absolute Gasteiger partial charge is 0.257 e. The summed E-state index contributed by atoms with van der Waals surface area (Å²) in [5, 5.41) is 9.23. The van der Waals surface area contributed by atoms with Crippen LogP contribution in [0, 0.1) is 18.6 Å². The standard InChI is InChI=1S/C20H18F2N2O2/c1-13-18(7-8-25)20(26)24(12-14-9-16(21)11-17(22)10-14)19(23-13)15-5-3-2-4-6-15/h2-6,9-11,25H,7-8,12H2,1H3. The Balaban J connectivity index is 2.20. The molecule has 0 fully saturated rings. The summed E-state index contributed by atoms with van der Waals surface area (Å²) in [4.78, 5) is 17.5. The molecule has 0 saturated heterocycles. The predicted octanol–water partition coefficient (Wildman–Crippen LogP) is 3.08. The van der Waals surface area contributed by atoms with E-state index < -0.39 is 11.6 Å². The summed E-state index contributed by atoms with van der Waals surface area (Å²) in [6, 6.07) is 12.3. The van der Waals surface area contributed by atoms with E-state index in [-0.39, 0.29) is 25.1 Å². The van der Waals surface area contributed by atoms with Gasteiger partial charge in [0.15, 0.2) is 0 Å². The molecule has 3 aromatic rings. The zero-order valence-corrected chi connectivity index (χ0v) is 14.2. The molecule has 0 unspecified atom stereocenters. The number of hydrogen-bond acceptors (Lipinski definition) is 3. The lowest BCUT2D eigenvalue weighted by atomic mass is 10.1. The fourth-order valence-electron chi connectivity index (χ4n) is 2.94. The van der Waals surface area contributed by atoms with Gasteiger partial charge in [0.2, 0.25) is 0 Å². The molecule has 0 aliphatic carbocycles. The Morgan fingerprint density at radius 2 is 1.73 bits per heavy atom. The highest BCUT2D eigenvalue weighted by atomic mass is 19.1. The van der Waals surface area contributed by atoms with Crippen molar-refractivity contribution in [3.05, 3.63) is 87.3 Å². The van der Waals surface area contributed by atoms with Crippen LogP contribution < -0.4 is 5.56 Å². The summed E-state index contributed by atoms with van der Waals surface area (Å²) < 4.78 is 28.5. The first-order chi connectivity index (χ1) is 12.5. The number of hydrogen-bond donors (Lipinski definition) is 1. The Hall–Kier alpha value is -2.86. The summed E-state index contributed by atoms with van der Waals surface area (Å²) in [6.45, 7) is 1.51. The fraction of sp³-hybridized carbons (Fsp3) is 0.200. The van der Waals surface area contributed by atoms with Gasteiger partial charge in [-0.15, -0.1) is 0 Å². The highest BCUT2D eigenvalue weighted by Crippen LogP contribution is 2.19. The van der Waals surface area contributed by atoms with Gasteiger partial charge in [0.25, 0.3) is 5.56 Å². The van der Waals surface area contributed by atoms with Crippen molar-refractivity contribution < 1.29 is 13.9 Å². The van der Waals surface area contributed by atoms with Crippen LogP contribution in [0.3, 0.4) is 0 Å². The van der Waals surface area contributed by atoms with E-state index in [0.717, 1.165) is 11.6 Å². The summed E-state index contributed by atoms with van der Waals surface area (Å²) in [5.41, 5.74) is 1.64. The van der Waals surface area contributed by atoms with E-state index >= 15 is 0 Å². The van der Waals surface area contributed by atoms with Gasteiger partial charge < -0.3 is 5.11 Å². The molecule has 0 saturated carbocycles. The minimum atomic E-state index is -0.704. The van der Waals surface area contributed by atoms with Crippen LogP contribution in [-0.4, -0.2) is 21.3 Å². The van der Waals surface area contributed by atoms with Crippen LogP contribution in [0.4, 0.5) is 8.78 Å². The van der Waals surface area contributed by atoms with Gasteiger partial charge in [0.05, 0.1) is 6.54 Å². The fourth-order valence-corrected chi connectivity index (χ4v) is 2.94. The van der Waals surface area contributed by atoms with Gasteiger partial charge in [-0.1, -0.05) is 30.3 Å². The van der Waals surface area contributed by atoms with Gasteiger partial charge >= 0.3 is 0 Å². The number of aliphatic hydroxyl groups is 1. The molecule has 0 aliphatic rings. The second kappa shape index (κ2) is 7.58. The molecule has 26 heavy (non-hydrogen) atoms. The Labute approximate surface area is 149 Å². The maximum Gasteiger partial charge on any atom is 0.257 e. The zero-order chi connectivity index (χ0) is 18.7. The number of aryl methyl sites for hydroxylation is 1. The molecule has 2 aromatic carbocycles. The minimum absolute atomic E-state index is 0.0244. The second-order valence-corrected chi connectivity index (χ2v) is 6.01. The first-order valence-electron chi connectivity index (χ1n) is 8.21. The number of aliphatic hydroxyl groups excluding tert-OH is 1. The van der Waals surface area contributed by atoms with E-state index in [1.165, 1.54) is 16.7 Å². The van der Waals surface area contributed by atoms with Crippen molar-refractivity contribution in [1.82, 2.24) is 9.55 Å². The van der Waals surface area contributed by atoms with E-state index in [1.54, 1.807) is 6.92 Å². The third-order valence-corrected chi connectivity index (χ3v) is 4.13. The molecule has 134 valence electrons. The monoisotopic (exact) mass is 356 g/mol. The lowest BCUT2D eigenvalue weighted by molar-refractivity contribution is 0.298. The van der Waals surface area contributed by atoms with Crippen LogP contribution in [0.1, 0.15) is 16.8 Å². The first-order valence-corrected chi connectivity index (χ1v) is 8.21. The van der Waals surface area contributed by atoms with Crippen LogP contribution in [0.2, 0.25) is 0 Å². The molecule has 0 atom stereocenters. The van der Waals surface area contributed by atoms with E-state index in [1.807, 2.05) is 30.3 Å². The largest absolute Gasteiger partial charge is 0.396 e. The molecule has 0 spiro atoms. The van der Waals surface area contributed by atoms with Gasteiger partial charge in [-0.05, 0) is 24.6 Å². The molecule has 0 aliphatic heterocycles. The van der Waals surface area contributed by atoms with Crippen molar-refractivity contribution in [3.8, 4) is 11.4 Å². The Kier molecular flexibility index (Phi) is 5.23.